The Morgan fingerprint density at radius 1 is 1.14 bits per heavy atom. The molecule has 110 valence electrons. The number of carbonyl (C=O) groups excluding carboxylic acids is 1. The van der Waals surface area contributed by atoms with Crippen LogP contribution in [0, 0.1) is 27.9 Å². The number of halogens is 2. The third-order valence-corrected chi connectivity index (χ3v) is 7.42. The molecule has 0 radical (unpaired) electrons. The predicted molar refractivity (Wildman–Crippen MR) is 86.5 cm³/mol. The van der Waals surface area contributed by atoms with Crippen LogP contribution in [-0.4, -0.2) is 5.91 Å². The number of carbonyl (C=O) groups is 1. The topological polar surface area (TPSA) is 29.1 Å². The van der Waals surface area contributed by atoms with Gasteiger partial charge in [-0.1, -0.05) is 23.8 Å². The lowest BCUT2D eigenvalue weighted by Gasteiger charge is -2.06. The predicted octanol–water partition coefficient (Wildman–Crippen LogP) is 1.46. The standard InChI is InChI=1S/C17H17BrINO/c1-10-8-11(2)16(12(3)9-10)19-15-7-5-6-14(18)17(15)20-13(4)21/h5-9H,1-4H3/p+1. The van der Waals surface area contributed by atoms with Crippen molar-refractivity contribution in [1.82, 2.24) is 0 Å². The van der Waals surface area contributed by atoms with Gasteiger partial charge in [0.25, 0.3) is 0 Å². The molecule has 0 aliphatic heterocycles. The first kappa shape index (κ1) is 16.5. The molecule has 1 N–H and O–H groups in total. The van der Waals surface area contributed by atoms with E-state index in [1.165, 1.54) is 23.8 Å². The summed E-state index contributed by atoms with van der Waals surface area (Å²) in [5, 5.41) is 2.95. The third-order valence-electron chi connectivity index (χ3n) is 3.04. The zero-order valence-electron chi connectivity index (χ0n) is 12.6. The zero-order chi connectivity index (χ0) is 15.6. The number of anilines is 1. The number of hydrogen-bond donors (Lipinski definition) is 1. The number of hydrogen-bond acceptors (Lipinski definition) is 1. The summed E-state index contributed by atoms with van der Waals surface area (Å²) < 4.78 is 3.61. The summed E-state index contributed by atoms with van der Waals surface area (Å²) in [5.74, 6) is -0.0375. The van der Waals surface area contributed by atoms with Crippen LogP contribution in [0.15, 0.2) is 34.8 Å². The van der Waals surface area contributed by atoms with Crippen LogP contribution < -0.4 is 26.5 Å². The smallest absolute Gasteiger partial charge is 0.322 e. The van der Waals surface area contributed by atoms with Crippen molar-refractivity contribution in [2.45, 2.75) is 27.7 Å². The van der Waals surface area contributed by atoms with Crippen LogP contribution in [0.5, 0.6) is 0 Å². The van der Waals surface area contributed by atoms with Crippen LogP contribution in [0.3, 0.4) is 0 Å². The molecule has 0 fully saturated rings. The second-order valence-corrected chi connectivity index (χ2v) is 8.72. The van der Waals surface area contributed by atoms with Crippen LogP contribution >= 0.6 is 15.9 Å². The average Bonchev–Trinajstić information content (AvgIpc) is 2.37. The summed E-state index contributed by atoms with van der Waals surface area (Å²) in [7, 11) is 0. The van der Waals surface area contributed by atoms with E-state index in [9.17, 15) is 4.79 Å². The molecular formula is C17H18BrINO+. The molecular weight excluding hydrogens is 441 g/mol. The highest BCUT2D eigenvalue weighted by molar-refractivity contribution is 9.10. The molecule has 0 aliphatic rings. The molecule has 0 unspecified atom stereocenters. The molecule has 0 saturated heterocycles. The molecule has 2 aromatic carbocycles. The maximum Gasteiger partial charge on any atom is 0.360 e. The van der Waals surface area contributed by atoms with Crippen LogP contribution in [0.4, 0.5) is 5.69 Å². The minimum atomic E-state index is -0.343. The molecule has 0 heterocycles. The Hall–Kier alpha value is -0.880. The van der Waals surface area contributed by atoms with Gasteiger partial charge >= 0.3 is 21.2 Å². The first-order chi connectivity index (χ1) is 9.88. The van der Waals surface area contributed by atoms with Crippen molar-refractivity contribution in [1.29, 1.82) is 0 Å². The van der Waals surface area contributed by atoms with E-state index >= 15 is 0 Å². The van der Waals surface area contributed by atoms with Crippen molar-refractivity contribution in [3.63, 3.8) is 0 Å². The second-order valence-electron chi connectivity index (χ2n) is 5.09. The fourth-order valence-electron chi connectivity index (χ4n) is 2.29. The molecule has 2 rings (SSSR count). The van der Waals surface area contributed by atoms with Crippen molar-refractivity contribution in [2.24, 2.45) is 0 Å². The molecule has 0 bridgehead atoms. The van der Waals surface area contributed by atoms with Crippen molar-refractivity contribution in [3.05, 3.63) is 58.6 Å². The van der Waals surface area contributed by atoms with Gasteiger partial charge in [0, 0.05) is 22.5 Å². The monoisotopic (exact) mass is 458 g/mol. The van der Waals surface area contributed by atoms with Gasteiger partial charge in [0.1, 0.15) is 5.69 Å². The normalized spacial score (nSPS) is 10.5. The fraction of sp³-hybridized carbons (Fsp3) is 0.235. The first-order valence-corrected chi connectivity index (χ1v) is 9.62. The van der Waals surface area contributed by atoms with E-state index in [-0.39, 0.29) is 27.1 Å². The Morgan fingerprint density at radius 3 is 2.33 bits per heavy atom. The third kappa shape index (κ3) is 4.07. The van der Waals surface area contributed by atoms with E-state index < -0.39 is 0 Å². The minimum absolute atomic E-state index is 0.0375. The highest BCUT2D eigenvalue weighted by Crippen LogP contribution is 2.21. The lowest BCUT2D eigenvalue weighted by molar-refractivity contribution is -0.597. The van der Waals surface area contributed by atoms with E-state index in [1.807, 2.05) is 12.1 Å². The molecule has 1 amide bonds. The van der Waals surface area contributed by atoms with Crippen molar-refractivity contribution in [2.75, 3.05) is 5.32 Å². The van der Waals surface area contributed by atoms with Gasteiger partial charge in [-0.2, -0.15) is 0 Å². The molecule has 0 atom stereocenters. The van der Waals surface area contributed by atoms with Gasteiger partial charge in [0.15, 0.2) is 3.57 Å². The van der Waals surface area contributed by atoms with Crippen molar-refractivity contribution in [3.8, 4) is 0 Å². The molecule has 21 heavy (non-hydrogen) atoms. The Labute approximate surface area is 144 Å². The summed E-state index contributed by atoms with van der Waals surface area (Å²) in [6.45, 7) is 8.02. The maximum atomic E-state index is 11.4. The van der Waals surface area contributed by atoms with E-state index in [4.69, 9.17) is 0 Å². The largest absolute Gasteiger partial charge is 0.360 e. The molecule has 2 aromatic rings. The molecule has 4 heteroatoms. The molecule has 0 aliphatic carbocycles. The van der Waals surface area contributed by atoms with Gasteiger partial charge in [-0.25, -0.2) is 0 Å². The van der Waals surface area contributed by atoms with Crippen LogP contribution in [0.1, 0.15) is 23.6 Å². The lowest BCUT2D eigenvalue weighted by atomic mass is 10.1. The van der Waals surface area contributed by atoms with Gasteiger partial charge in [0.2, 0.25) is 9.48 Å². The molecule has 0 aromatic heterocycles. The van der Waals surface area contributed by atoms with Crippen molar-refractivity contribution >= 4 is 27.5 Å². The second kappa shape index (κ2) is 6.92. The lowest BCUT2D eigenvalue weighted by Crippen LogP contribution is -3.62. The van der Waals surface area contributed by atoms with Gasteiger partial charge < -0.3 is 5.32 Å². The number of benzene rings is 2. The number of rotatable bonds is 3. The number of aryl methyl sites for hydroxylation is 3. The molecule has 0 saturated carbocycles. The molecule has 2 nitrogen and oxygen atoms in total. The van der Waals surface area contributed by atoms with Crippen LogP contribution in [0.25, 0.3) is 0 Å². The fourth-order valence-corrected chi connectivity index (χ4v) is 5.95. The quantitative estimate of drug-likeness (QED) is 0.693. The summed E-state index contributed by atoms with van der Waals surface area (Å²) >= 11 is 3.20. The minimum Gasteiger partial charge on any atom is -0.322 e. The average molecular weight is 459 g/mol. The Balaban J connectivity index is 2.45. The number of nitrogens with one attached hydrogen (secondary N) is 1. The van der Waals surface area contributed by atoms with E-state index in [0.717, 1.165) is 10.2 Å². The SMILES string of the molecule is CC(=O)Nc1c(Br)cccc1[I+]c1c(C)cc(C)cc1C. The van der Waals surface area contributed by atoms with Crippen LogP contribution in [-0.2, 0) is 4.79 Å². The van der Waals surface area contributed by atoms with E-state index in [2.05, 4.69) is 60.2 Å². The molecule has 0 spiro atoms. The van der Waals surface area contributed by atoms with Gasteiger partial charge in [-0.15, -0.1) is 0 Å². The summed E-state index contributed by atoms with van der Waals surface area (Å²) in [6, 6.07) is 10.6. The Bertz CT molecular complexity index is 674. The van der Waals surface area contributed by atoms with Crippen LogP contribution in [0.2, 0.25) is 0 Å². The van der Waals surface area contributed by atoms with E-state index in [0.29, 0.717) is 0 Å². The van der Waals surface area contributed by atoms with Gasteiger partial charge in [-0.3, -0.25) is 4.79 Å². The highest BCUT2D eigenvalue weighted by Gasteiger charge is 2.26. The number of para-hydroxylation sites is 1. The Kier molecular flexibility index (Phi) is 5.43. The zero-order valence-corrected chi connectivity index (χ0v) is 16.3. The summed E-state index contributed by atoms with van der Waals surface area (Å²) in [4.78, 5) is 11.4. The Morgan fingerprint density at radius 2 is 1.76 bits per heavy atom. The van der Waals surface area contributed by atoms with E-state index in [1.54, 1.807) is 6.92 Å². The first-order valence-electron chi connectivity index (χ1n) is 6.67. The van der Waals surface area contributed by atoms with Gasteiger partial charge in [-0.05, 0) is 48.8 Å². The van der Waals surface area contributed by atoms with Crippen molar-refractivity contribution < 1.29 is 26.0 Å². The van der Waals surface area contributed by atoms with Gasteiger partial charge in [0.05, 0.1) is 0 Å². The highest BCUT2D eigenvalue weighted by atomic mass is 127. The summed E-state index contributed by atoms with van der Waals surface area (Å²) in [5.41, 5.74) is 4.90. The summed E-state index contributed by atoms with van der Waals surface area (Å²) in [6.07, 6.45) is 0. The maximum absolute atomic E-state index is 11.4. The number of amides is 1.